The summed E-state index contributed by atoms with van der Waals surface area (Å²) < 4.78 is 44.2. The maximum atomic E-state index is 13.9. The molecular formula is C22H25F3N6O. The molecule has 2 aromatic heterocycles. The first-order chi connectivity index (χ1) is 15.1. The van der Waals surface area contributed by atoms with Crippen molar-refractivity contribution in [2.45, 2.75) is 45.1 Å². The van der Waals surface area contributed by atoms with Crippen molar-refractivity contribution in [3.05, 3.63) is 64.6 Å². The molecule has 0 radical (unpaired) electrons. The third kappa shape index (κ3) is 3.85. The van der Waals surface area contributed by atoms with Crippen LogP contribution in [-0.4, -0.2) is 43.6 Å². The predicted octanol–water partition coefficient (Wildman–Crippen LogP) is 4.17. The first kappa shape index (κ1) is 21.9. The maximum absolute atomic E-state index is 13.9. The summed E-state index contributed by atoms with van der Waals surface area (Å²) in [5, 5.41) is 11.4. The number of halogens is 3. The average molecular weight is 446 g/mol. The van der Waals surface area contributed by atoms with Gasteiger partial charge in [0.15, 0.2) is 6.04 Å². The molecule has 4 rings (SSSR count). The average Bonchev–Trinajstić information content (AvgIpc) is 3.28. The number of carbonyl (C=O) groups excluding carboxylic acids is 1. The van der Waals surface area contributed by atoms with Gasteiger partial charge >= 0.3 is 6.18 Å². The number of hydrogen-bond donors (Lipinski definition) is 1. The molecule has 0 fully saturated rings. The number of fused-ring (bicyclic) bond motifs is 1. The van der Waals surface area contributed by atoms with Crippen LogP contribution in [0.15, 0.2) is 36.5 Å². The molecule has 32 heavy (non-hydrogen) atoms. The lowest BCUT2D eigenvalue weighted by atomic mass is 9.96. The van der Waals surface area contributed by atoms with Gasteiger partial charge in [-0.05, 0) is 19.4 Å². The minimum absolute atomic E-state index is 0.0870. The van der Waals surface area contributed by atoms with Crippen LogP contribution >= 0.6 is 0 Å². The van der Waals surface area contributed by atoms with Gasteiger partial charge in [-0.15, -0.1) is 0 Å². The smallest absolute Gasteiger partial charge is 0.363 e. The van der Waals surface area contributed by atoms with Crippen molar-refractivity contribution >= 4 is 11.7 Å². The van der Waals surface area contributed by atoms with Crippen LogP contribution in [0.4, 0.5) is 19.0 Å². The van der Waals surface area contributed by atoms with Gasteiger partial charge in [0.25, 0.3) is 5.91 Å². The van der Waals surface area contributed by atoms with E-state index in [9.17, 15) is 18.0 Å². The lowest BCUT2D eigenvalue weighted by Gasteiger charge is -2.34. The summed E-state index contributed by atoms with van der Waals surface area (Å²) in [7, 11) is 3.45. The van der Waals surface area contributed by atoms with E-state index in [0.29, 0.717) is 6.54 Å². The molecule has 1 aliphatic rings. The molecule has 3 aromatic rings. The molecule has 0 saturated carbocycles. The molecule has 2 atom stereocenters. The Balaban J connectivity index is 1.67. The predicted molar refractivity (Wildman–Crippen MR) is 113 cm³/mol. The monoisotopic (exact) mass is 446 g/mol. The Morgan fingerprint density at radius 3 is 2.53 bits per heavy atom. The van der Waals surface area contributed by atoms with Crippen LogP contribution in [-0.2, 0) is 13.6 Å². The Hall–Kier alpha value is -3.30. The quantitative estimate of drug-likeness (QED) is 0.653. The van der Waals surface area contributed by atoms with Gasteiger partial charge in [0.2, 0.25) is 0 Å². The van der Waals surface area contributed by atoms with Crippen molar-refractivity contribution < 1.29 is 18.0 Å². The van der Waals surface area contributed by atoms with E-state index in [0.717, 1.165) is 27.2 Å². The van der Waals surface area contributed by atoms with E-state index in [1.807, 2.05) is 27.0 Å². The van der Waals surface area contributed by atoms with Gasteiger partial charge in [-0.1, -0.05) is 30.3 Å². The summed E-state index contributed by atoms with van der Waals surface area (Å²) in [6, 6.07) is 6.51. The molecule has 1 aliphatic heterocycles. The molecular weight excluding hydrogens is 421 g/mol. The first-order valence-electron chi connectivity index (χ1n) is 10.3. The number of aromatic nitrogens is 4. The SMILES string of the molecule is Cc1nn(C)c(C)c1CN(C)C(=O)c1cnn2c1N[C@H](c1ccccc1)C[C@H]2C(F)(F)F. The van der Waals surface area contributed by atoms with Crippen molar-refractivity contribution in [1.82, 2.24) is 24.5 Å². The molecule has 0 bridgehead atoms. The number of alkyl halides is 3. The molecule has 1 aromatic carbocycles. The van der Waals surface area contributed by atoms with E-state index in [4.69, 9.17) is 0 Å². The second-order valence-corrected chi connectivity index (χ2v) is 8.19. The van der Waals surface area contributed by atoms with Crippen LogP contribution in [0.1, 0.15) is 51.4 Å². The highest BCUT2D eigenvalue weighted by atomic mass is 19.4. The highest BCUT2D eigenvalue weighted by Gasteiger charge is 2.47. The molecule has 170 valence electrons. The Labute approximate surface area is 183 Å². The summed E-state index contributed by atoms with van der Waals surface area (Å²) >= 11 is 0. The summed E-state index contributed by atoms with van der Waals surface area (Å²) in [6.07, 6.45) is -3.48. The van der Waals surface area contributed by atoms with Crippen LogP contribution in [0.5, 0.6) is 0 Å². The van der Waals surface area contributed by atoms with E-state index < -0.39 is 24.2 Å². The van der Waals surface area contributed by atoms with Crippen molar-refractivity contribution in [1.29, 1.82) is 0 Å². The van der Waals surface area contributed by atoms with Crippen molar-refractivity contribution in [2.24, 2.45) is 7.05 Å². The Bertz CT molecular complexity index is 1130. The number of nitrogens with zero attached hydrogens (tertiary/aromatic N) is 5. The Kier molecular flexibility index (Phi) is 5.47. The Morgan fingerprint density at radius 1 is 1.25 bits per heavy atom. The third-order valence-corrected chi connectivity index (χ3v) is 6.07. The number of nitrogens with one attached hydrogen (secondary N) is 1. The number of rotatable bonds is 4. The van der Waals surface area contributed by atoms with Crippen LogP contribution in [0, 0.1) is 13.8 Å². The maximum Gasteiger partial charge on any atom is 0.410 e. The number of carbonyl (C=O) groups is 1. The van der Waals surface area contributed by atoms with Gasteiger partial charge in [0, 0.05) is 38.3 Å². The number of hydrogen-bond acceptors (Lipinski definition) is 4. The third-order valence-electron chi connectivity index (χ3n) is 6.07. The van der Waals surface area contributed by atoms with Crippen LogP contribution in [0.3, 0.4) is 0 Å². The van der Waals surface area contributed by atoms with Crippen LogP contribution < -0.4 is 5.32 Å². The molecule has 7 nitrogen and oxygen atoms in total. The van der Waals surface area contributed by atoms with Gasteiger partial charge in [0.1, 0.15) is 11.4 Å². The van der Waals surface area contributed by atoms with Gasteiger partial charge in [-0.25, -0.2) is 4.68 Å². The van der Waals surface area contributed by atoms with Gasteiger partial charge in [-0.3, -0.25) is 9.48 Å². The minimum atomic E-state index is -4.49. The summed E-state index contributed by atoms with van der Waals surface area (Å²) in [4.78, 5) is 14.7. The first-order valence-corrected chi connectivity index (χ1v) is 10.3. The number of aryl methyl sites for hydroxylation is 2. The fraction of sp³-hybridized carbons (Fsp3) is 0.409. The number of amides is 1. The zero-order valence-corrected chi connectivity index (χ0v) is 18.3. The van der Waals surface area contributed by atoms with E-state index in [1.165, 1.54) is 11.1 Å². The lowest BCUT2D eigenvalue weighted by Crippen LogP contribution is -2.36. The molecule has 0 unspecified atom stereocenters. The normalized spacial score (nSPS) is 18.2. The largest absolute Gasteiger partial charge is 0.410 e. The van der Waals surface area contributed by atoms with Crippen molar-refractivity contribution in [3.63, 3.8) is 0 Å². The highest BCUT2D eigenvalue weighted by Crippen LogP contribution is 2.44. The Morgan fingerprint density at radius 2 is 1.94 bits per heavy atom. The molecule has 3 heterocycles. The molecule has 0 spiro atoms. The minimum Gasteiger partial charge on any atom is -0.363 e. The molecule has 1 N–H and O–H groups in total. The summed E-state index contributed by atoms with van der Waals surface area (Å²) in [6.45, 7) is 4.07. The molecule has 10 heteroatoms. The molecule has 0 aliphatic carbocycles. The lowest BCUT2D eigenvalue weighted by molar-refractivity contribution is -0.173. The topological polar surface area (TPSA) is 68.0 Å². The molecule has 1 amide bonds. The van der Waals surface area contributed by atoms with E-state index >= 15 is 0 Å². The van der Waals surface area contributed by atoms with Crippen LogP contribution in [0.2, 0.25) is 0 Å². The van der Waals surface area contributed by atoms with E-state index in [2.05, 4.69) is 15.5 Å². The fourth-order valence-electron chi connectivity index (χ4n) is 4.18. The van der Waals surface area contributed by atoms with E-state index in [1.54, 1.807) is 36.0 Å². The fourth-order valence-corrected chi connectivity index (χ4v) is 4.18. The zero-order valence-electron chi connectivity index (χ0n) is 18.3. The second kappa shape index (κ2) is 7.99. The van der Waals surface area contributed by atoms with Gasteiger partial charge in [0.05, 0.1) is 17.9 Å². The second-order valence-electron chi connectivity index (χ2n) is 8.19. The summed E-state index contributed by atoms with van der Waals surface area (Å²) in [5.74, 6) is -0.319. The summed E-state index contributed by atoms with van der Waals surface area (Å²) in [5.41, 5.74) is 3.48. The zero-order chi connectivity index (χ0) is 23.2. The van der Waals surface area contributed by atoms with Crippen molar-refractivity contribution in [2.75, 3.05) is 12.4 Å². The van der Waals surface area contributed by atoms with Crippen LogP contribution in [0.25, 0.3) is 0 Å². The van der Waals surface area contributed by atoms with E-state index in [-0.39, 0.29) is 17.8 Å². The number of anilines is 1. The molecule has 0 saturated heterocycles. The van der Waals surface area contributed by atoms with Gasteiger partial charge < -0.3 is 10.2 Å². The van der Waals surface area contributed by atoms with Gasteiger partial charge in [-0.2, -0.15) is 23.4 Å². The number of benzene rings is 1. The van der Waals surface area contributed by atoms with Crippen molar-refractivity contribution in [3.8, 4) is 0 Å². The standard InChI is InChI=1S/C22H25F3N6O/c1-13-17(14(2)30(4)28-13)12-29(3)21(32)16-11-26-31-19(22(23,24)25)10-18(27-20(16)31)15-8-6-5-7-9-15/h5-9,11,18-19,27H,10,12H2,1-4H3/t18-,19-/m0/s1. The highest BCUT2D eigenvalue weighted by molar-refractivity contribution is 5.98.